The molecule has 0 atom stereocenters. The third-order valence-electron chi connectivity index (χ3n) is 5.96. The van der Waals surface area contributed by atoms with Gasteiger partial charge in [0.25, 0.3) is 10.0 Å². The van der Waals surface area contributed by atoms with Crippen molar-refractivity contribution < 1.29 is 32.2 Å². The Morgan fingerprint density at radius 2 is 1.59 bits per heavy atom. The summed E-state index contributed by atoms with van der Waals surface area (Å²) in [7, 11) is -4.30. The van der Waals surface area contributed by atoms with Crippen molar-refractivity contribution >= 4 is 61.9 Å². The van der Waals surface area contributed by atoms with Gasteiger partial charge in [-0.05, 0) is 84.0 Å². The SMILES string of the molecule is CC(C)(C)OC(=O)CN(c1ccc2c(ccn2-c2cnc(OCCNC(=O)OC(C)(C)C)cn2)c1)S(=O)(=O)c1cc(Cl)cc(Cl)c1. The van der Waals surface area contributed by atoms with Crippen molar-refractivity contribution in [3.63, 3.8) is 0 Å². The van der Waals surface area contributed by atoms with Crippen LogP contribution in [0, 0.1) is 0 Å². The predicted octanol–water partition coefficient (Wildman–Crippen LogP) is 6.17. The number of halogens is 2. The fourth-order valence-corrected chi connectivity index (χ4v) is 6.35. The van der Waals surface area contributed by atoms with Crippen molar-refractivity contribution in [2.24, 2.45) is 0 Å². The highest BCUT2D eigenvalue weighted by molar-refractivity contribution is 7.92. The second kappa shape index (κ2) is 13.7. The van der Waals surface area contributed by atoms with Crippen LogP contribution in [0.15, 0.2) is 66.0 Å². The zero-order valence-corrected chi connectivity index (χ0v) is 28.5. The zero-order valence-electron chi connectivity index (χ0n) is 26.2. The Hall–Kier alpha value is -4.07. The minimum atomic E-state index is -4.30. The monoisotopic (exact) mass is 691 g/mol. The lowest BCUT2D eigenvalue weighted by molar-refractivity contribution is -0.152. The van der Waals surface area contributed by atoms with Crippen LogP contribution in [0.5, 0.6) is 5.88 Å². The van der Waals surface area contributed by atoms with Crippen LogP contribution in [0.25, 0.3) is 16.7 Å². The summed E-state index contributed by atoms with van der Waals surface area (Å²) in [6, 6.07) is 10.7. The molecule has 0 aliphatic carbocycles. The van der Waals surface area contributed by atoms with E-state index in [0.29, 0.717) is 16.7 Å². The average Bonchev–Trinajstić information content (AvgIpc) is 3.35. The van der Waals surface area contributed by atoms with E-state index < -0.39 is 39.8 Å². The molecule has 0 aliphatic rings. The molecular weight excluding hydrogens is 657 g/mol. The van der Waals surface area contributed by atoms with E-state index in [1.807, 2.05) is 0 Å². The number of fused-ring (bicyclic) bond motifs is 1. The van der Waals surface area contributed by atoms with Crippen molar-refractivity contribution in [3.05, 3.63) is 71.1 Å². The number of esters is 1. The van der Waals surface area contributed by atoms with E-state index in [0.717, 1.165) is 4.31 Å². The van der Waals surface area contributed by atoms with Gasteiger partial charge >= 0.3 is 12.1 Å². The second-order valence-electron chi connectivity index (χ2n) is 12.1. The van der Waals surface area contributed by atoms with Gasteiger partial charge in [-0.1, -0.05) is 23.2 Å². The number of rotatable bonds is 10. The molecule has 0 saturated heterocycles. The number of alkyl carbamates (subject to hydrolysis) is 1. The van der Waals surface area contributed by atoms with E-state index in [4.69, 9.17) is 37.4 Å². The number of carbonyl (C=O) groups excluding carboxylic acids is 2. The number of hydrogen-bond donors (Lipinski definition) is 1. The lowest BCUT2D eigenvalue weighted by Crippen LogP contribution is -2.39. The van der Waals surface area contributed by atoms with E-state index in [-0.39, 0.29) is 39.7 Å². The van der Waals surface area contributed by atoms with Crippen LogP contribution >= 0.6 is 23.2 Å². The van der Waals surface area contributed by atoms with Gasteiger partial charge in [-0.15, -0.1) is 0 Å². The number of nitrogens with one attached hydrogen (secondary N) is 1. The van der Waals surface area contributed by atoms with Crippen molar-refractivity contribution in [2.45, 2.75) is 57.6 Å². The third-order valence-corrected chi connectivity index (χ3v) is 8.15. The minimum absolute atomic E-state index is 0.130. The van der Waals surface area contributed by atoms with Gasteiger partial charge in [0.15, 0.2) is 5.82 Å². The van der Waals surface area contributed by atoms with E-state index in [1.54, 1.807) is 76.6 Å². The number of hydrogen-bond acceptors (Lipinski definition) is 9. The second-order valence-corrected chi connectivity index (χ2v) is 14.9. The molecule has 2 aromatic heterocycles. The number of amides is 1. The first kappa shape index (κ1) is 34.8. The number of ether oxygens (including phenoxy) is 3. The third kappa shape index (κ3) is 9.24. The van der Waals surface area contributed by atoms with Gasteiger partial charge in [-0.25, -0.2) is 23.2 Å². The van der Waals surface area contributed by atoms with E-state index in [2.05, 4.69) is 15.3 Å². The highest BCUT2D eigenvalue weighted by Gasteiger charge is 2.30. The van der Waals surface area contributed by atoms with Gasteiger partial charge in [0, 0.05) is 21.6 Å². The molecule has 1 N–H and O–H groups in total. The lowest BCUT2D eigenvalue weighted by Gasteiger charge is -2.26. The standard InChI is InChI=1S/C31H35Cl2N5O7S/c1-30(2,3)44-28(39)19-38(46(41,42)24-15-21(32)14-22(33)16-24)23-7-8-25-20(13-23)9-11-37(25)26-17-36-27(18-35-26)43-12-10-34-29(40)45-31(4,5)6/h7-9,11,13-18H,10,12,19H2,1-6H3,(H,34,40). The first-order valence-corrected chi connectivity index (χ1v) is 16.3. The molecule has 12 nitrogen and oxygen atoms in total. The summed E-state index contributed by atoms with van der Waals surface area (Å²) in [6.07, 6.45) is 4.19. The molecule has 0 radical (unpaired) electrons. The van der Waals surface area contributed by atoms with Crippen LogP contribution in [0.2, 0.25) is 10.0 Å². The van der Waals surface area contributed by atoms with Crippen LogP contribution in [-0.2, 0) is 24.3 Å². The number of anilines is 1. The molecule has 46 heavy (non-hydrogen) atoms. The number of sulfonamides is 1. The molecule has 0 bridgehead atoms. The largest absolute Gasteiger partial charge is 0.475 e. The highest BCUT2D eigenvalue weighted by atomic mass is 35.5. The van der Waals surface area contributed by atoms with E-state index in [9.17, 15) is 18.0 Å². The fraction of sp³-hybridized carbons (Fsp3) is 0.355. The van der Waals surface area contributed by atoms with Gasteiger partial charge in [-0.2, -0.15) is 0 Å². The first-order chi connectivity index (χ1) is 21.4. The average molecular weight is 693 g/mol. The molecule has 0 unspecified atom stereocenters. The molecule has 2 heterocycles. The Kier molecular flexibility index (Phi) is 10.4. The summed E-state index contributed by atoms with van der Waals surface area (Å²) in [5.41, 5.74) is -0.499. The predicted molar refractivity (Wildman–Crippen MR) is 175 cm³/mol. The topological polar surface area (TPSA) is 142 Å². The highest BCUT2D eigenvalue weighted by Crippen LogP contribution is 2.31. The molecule has 0 spiro atoms. The molecule has 4 aromatic rings. The van der Waals surface area contributed by atoms with Crippen molar-refractivity contribution in [1.29, 1.82) is 0 Å². The van der Waals surface area contributed by atoms with Crippen molar-refractivity contribution in [3.8, 4) is 11.7 Å². The summed E-state index contributed by atoms with van der Waals surface area (Å²) < 4.78 is 46.6. The van der Waals surface area contributed by atoms with Crippen molar-refractivity contribution in [1.82, 2.24) is 19.9 Å². The van der Waals surface area contributed by atoms with Gasteiger partial charge in [0.1, 0.15) is 24.4 Å². The van der Waals surface area contributed by atoms with Gasteiger partial charge in [0.2, 0.25) is 5.88 Å². The minimum Gasteiger partial charge on any atom is -0.475 e. The zero-order chi connectivity index (χ0) is 33.9. The van der Waals surface area contributed by atoms with Gasteiger partial charge < -0.3 is 19.5 Å². The number of nitrogens with zero attached hydrogens (tertiary/aromatic N) is 4. The number of carbonyl (C=O) groups is 2. The van der Waals surface area contributed by atoms with Crippen LogP contribution in [0.3, 0.4) is 0 Å². The summed E-state index contributed by atoms with van der Waals surface area (Å²) >= 11 is 12.2. The summed E-state index contributed by atoms with van der Waals surface area (Å²) in [4.78, 5) is 33.2. The lowest BCUT2D eigenvalue weighted by atomic mass is 10.2. The van der Waals surface area contributed by atoms with Crippen LogP contribution < -0.4 is 14.4 Å². The van der Waals surface area contributed by atoms with Crippen LogP contribution in [0.4, 0.5) is 10.5 Å². The van der Waals surface area contributed by atoms with E-state index >= 15 is 0 Å². The Morgan fingerprint density at radius 1 is 0.913 bits per heavy atom. The molecule has 0 saturated carbocycles. The molecule has 0 fully saturated rings. The summed E-state index contributed by atoms with van der Waals surface area (Å²) in [5, 5.41) is 3.53. The molecule has 1 amide bonds. The Morgan fingerprint density at radius 3 is 2.20 bits per heavy atom. The summed E-state index contributed by atoms with van der Waals surface area (Å²) in [5.74, 6) is 0.00597. The Bertz CT molecular complexity index is 1810. The normalized spacial score (nSPS) is 12.1. The molecular formula is C31H35Cl2N5O7S. The first-order valence-electron chi connectivity index (χ1n) is 14.2. The smallest absolute Gasteiger partial charge is 0.407 e. The Labute approximate surface area is 277 Å². The molecule has 0 aliphatic heterocycles. The summed E-state index contributed by atoms with van der Waals surface area (Å²) in [6.45, 7) is 10.2. The molecule has 4 rings (SSSR count). The maximum absolute atomic E-state index is 13.9. The maximum Gasteiger partial charge on any atom is 0.407 e. The Balaban J connectivity index is 1.55. The van der Waals surface area contributed by atoms with Crippen LogP contribution in [-0.4, -0.2) is 65.9 Å². The molecule has 15 heteroatoms. The number of benzene rings is 2. The quantitative estimate of drug-likeness (QED) is 0.153. The fourth-order valence-electron chi connectivity index (χ4n) is 4.23. The van der Waals surface area contributed by atoms with Crippen molar-refractivity contribution in [2.75, 3.05) is 24.0 Å². The van der Waals surface area contributed by atoms with Gasteiger partial charge in [-0.3, -0.25) is 13.7 Å². The van der Waals surface area contributed by atoms with E-state index in [1.165, 1.54) is 30.6 Å². The van der Waals surface area contributed by atoms with Gasteiger partial charge in [0.05, 0.1) is 35.0 Å². The number of aromatic nitrogens is 3. The maximum atomic E-state index is 13.9. The van der Waals surface area contributed by atoms with Crippen LogP contribution in [0.1, 0.15) is 41.5 Å². The molecule has 246 valence electrons. The molecule has 2 aromatic carbocycles.